The summed E-state index contributed by atoms with van der Waals surface area (Å²) in [5.74, 6) is 0.0124. The topological polar surface area (TPSA) is 51.8 Å². The molecule has 1 aliphatic rings. The first-order chi connectivity index (χ1) is 8.79. The molecule has 0 bridgehead atoms. The van der Waals surface area contributed by atoms with E-state index in [2.05, 4.69) is 9.97 Å². The molecule has 3 nitrogen and oxygen atoms in total. The van der Waals surface area contributed by atoms with Crippen LogP contribution in [0.4, 0.5) is 4.39 Å². The molecule has 1 atom stereocenters. The van der Waals surface area contributed by atoms with Crippen LogP contribution in [-0.2, 0) is 6.42 Å². The van der Waals surface area contributed by atoms with Crippen molar-refractivity contribution in [3.05, 3.63) is 34.7 Å². The normalized spacial score (nSPS) is 18.7. The summed E-state index contributed by atoms with van der Waals surface area (Å²) in [5, 5.41) is 0.679. The van der Waals surface area contributed by atoms with E-state index in [1.807, 2.05) is 0 Å². The lowest BCUT2D eigenvalue weighted by molar-refractivity contribution is 0.554. The van der Waals surface area contributed by atoms with E-state index in [9.17, 15) is 4.39 Å². The number of hydrogen-bond donors (Lipinski definition) is 1. The lowest BCUT2D eigenvalue weighted by Gasteiger charge is -2.18. The van der Waals surface area contributed by atoms with Crippen LogP contribution in [0.5, 0.6) is 0 Å². The molecule has 3 rings (SSSR count). The summed E-state index contributed by atoms with van der Waals surface area (Å²) >= 11 is 1.55. The van der Waals surface area contributed by atoms with Crippen LogP contribution in [0.1, 0.15) is 29.3 Å². The summed E-state index contributed by atoms with van der Waals surface area (Å²) in [6, 6.07) is 3.01. The maximum Gasteiger partial charge on any atom is 0.151 e. The van der Waals surface area contributed by atoms with Gasteiger partial charge in [-0.3, -0.25) is 4.98 Å². The third-order valence-corrected chi connectivity index (χ3v) is 4.45. The fourth-order valence-electron chi connectivity index (χ4n) is 2.38. The molecular weight excluding hydrogens is 249 g/mol. The molecule has 5 heteroatoms. The number of rotatable bonds is 2. The Morgan fingerprint density at radius 3 is 3.17 bits per heavy atom. The number of hydrogen-bond acceptors (Lipinski definition) is 4. The molecule has 0 saturated carbocycles. The third kappa shape index (κ3) is 1.93. The van der Waals surface area contributed by atoms with Gasteiger partial charge in [-0.1, -0.05) is 0 Å². The third-order valence-electron chi connectivity index (χ3n) is 3.32. The van der Waals surface area contributed by atoms with Crippen molar-refractivity contribution in [2.45, 2.75) is 25.2 Å². The van der Waals surface area contributed by atoms with Gasteiger partial charge in [0.1, 0.15) is 10.7 Å². The van der Waals surface area contributed by atoms with Crippen molar-refractivity contribution in [2.24, 2.45) is 5.73 Å². The molecule has 0 aliphatic heterocycles. The number of aromatic nitrogens is 2. The second kappa shape index (κ2) is 4.74. The molecule has 18 heavy (non-hydrogen) atoms. The number of nitrogens with two attached hydrogens (primary N) is 1. The molecule has 1 aliphatic carbocycles. The molecule has 0 amide bonds. The Morgan fingerprint density at radius 2 is 2.39 bits per heavy atom. The van der Waals surface area contributed by atoms with E-state index in [4.69, 9.17) is 5.73 Å². The van der Waals surface area contributed by atoms with Crippen LogP contribution in [0.3, 0.4) is 0 Å². The smallest absolute Gasteiger partial charge is 0.151 e. The van der Waals surface area contributed by atoms with Crippen LogP contribution in [0, 0.1) is 5.82 Å². The quantitative estimate of drug-likeness (QED) is 0.906. The monoisotopic (exact) mass is 263 g/mol. The van der Waals surface area contributed by atoms with Gasteiger partial charge in [-0.25, -0.2) is 9.37 Å². The molecule has 94 valence electrons. The Bertz CT molecular complexity index is 567. The van der Waals surface area contributed by atoms with Gasteiger partial charge in [0.05, 0.1) is 5.69 Å². The maximum absolute atomic E-state index is 13.7. The zero-order chi connectivity index (χ0) is 12.5. The van der Waals surface area contributed by atoms with Crippen LogP contribution in [-0.4, -0.2) is 16.5 Å². The van der Waals surface area contributed by atoms with Gasteiger partial charge in [0.2, 0.25) is 0 Å². The van der Waals surface area contributed by atoms with Crippen molar-refractivity contribution in [1.29, 1.82) is 0 Å². The van der Waals surface area contributed by atoms with Gasteiger partial charge in [-0.15, -0.1) is 11.3 Å². The molecule has 0 radical (unpaired) electrons. The zero-order valence-electron chi connectivity index (χ0n) is 9.90. The molecule has 0 saturated heterocycles. The van der Waals surface area contributed by atoms with Gasteiger partial charge in [0, 0.05) is 23.5 Å². The predicted molar refractivity (Wildman–Crippen MR) is 70.0 cm³/mol. The first kappa shape index (κ1) is 11.7. The van der Waals surface area contributed by atoms with Gasteiger partial charge in [-0.05, 0) is 31.4 Å². The zero-order valence-corrected chi connectivity index (χ0v) is 10.7. The van der Waals surface area contributed by atoms with E-state index in [-0.39, 0.29) is 5.82 Å². The molecule has 2 heterocycles. The first-order valence-electron chi connectivity index (χ1n) is 6.10. The Kier molecular flexibility index (Phi) is 3.09. The number of fused-ring (bicyclic) bond motifs is 1. The maximum atomic E-state index is 13.7. The second-order valence-electron chi connectivity index (χ2n) is 4.49. The van der Waals surface area contributed by atoms with E-state index in [0.717, 1.165) is 25.0 Å². The van der Waals surface area contributed by atoms with E-state index in [1.54, 1.807) is 23.6 Å². The summed E-state index contributed by atoms with van der Waals surface area (Å²) in [7, 11) is 0. The summed E-state index contributed by atoms with van der Waals surface area (Å²) < 4.78 is 13.7. The van der Waals surface area contributed by atoms with Crippen molar-refractivity contribution < 1.29 is 4.39 Å². The fraction of sp³-hybridized carbons (Fsp3) is 0.385. The molecular formula is C13H14FN3S. The number of pyridine rings is 1. The predicted octanol–water partition coefficient (Wildman–Crippen LogP) is 2.72. The first-order valence-corrected chi connectivity index (χ1v) is 6.92. The summed E-state index contributed by atoms with van der Waals surface area (Å²) in [6.45, 7) is 0.612. The van der Waals surface area contributed by atoms with Crippen molar-refractivity contribution in [3.8, 4) is 10.7 Å². The van der Waals surface area contributed by atoms with E-state index >= 15 is 0 Å². The Morgan fingerprint density at radius 1 is 1.50 bits per heavy atom. The number of aryl methyl sites for hydroxylation is 1. The molecule has 1 unspecified atom stereocenters. The van der Waals surface area contributed by atoms with Crippen LogP contribution < -0.4 is 5.73 Å². The van der Waals surface area contributed by atoms with Gasteiger partial charge in [0.25, 0.3) is 0 Å². The van der Waals surface area contributed by atoms with Gasteiger partial charge in [0.15, 0.2) is 5.82 Å². The lowest BCUT2D eigenvalue weighted by Crippen LogP contribution is -2.17. The minimum atomic E-state index is -0.312. The highest BCUT2D eigenvalue weighted by Gasteiger charge is 2.25. The second-order valence-corrected chi connectivity index (χ2v) is 5.57. The van der Waals surface area contributed by atoms with Crippen LogP contribution in [0.2, 0.25) is 0 Å². The van der Waals surface area contributed by atoms with Gasteiger partial charge in [-0.2, -0.15) is 0 Å². The molecule has 0 aromatic carbocycles. The highest BCUT2D eigenvalue weighted by atomic mass is 32.1. The highest BCUT2D eigenvalue weighted by molar-refractivity contribution is 7.15. The average molecular weight is 263 g/mol. The minimum Gasteiger partial charge on any atom is -0.330 e. The lowest BCUT2D eigenvalue weighted by atomic mass is 9.91. The standard InChI is InChI=1S/C13H14FN3S/c14-9-4-2-6-16-12(9)13-17-11-8(7-15)3-1-5-10(11)18-13/h2,4,6,8H,1,3,5,7,15H2. The Balaban J connectivity index is 2.05. The van der Waals surface area contributed by atoms with E-state index in [1.165, 1.54) is 10.9 Å². The number of thiazole rings is 1. The summed E-state index contributed by atoms with van der Waals surface area (Å²) in [4.78, 5) is 9.90. The van der Waals surface area contributed by atoms with Crippen molar-refractivity contribution in [1.82, 2.24) is 9.97 Å². The SMILES string of the molecule is NCC1CCCc2sc(-c3ncccc3F)nc21. The Labute approximate surface area is 109 Å². The van der Waals surface area contributed by atoms with Gasteiger partial charge >= 0.3 is 0 Å². The molecule has 2 aromatic rings. The molecule has 0 spiro atoms. The van der Waals surface area contributed by atoms with Crippen molar-refractivity contribution in [2.75, 3.05) is 6.54 Å². The van der Waals surface area contributed by atoms with Crippen LogP contribution in [0.25, 0.3) is 10.7 Å². The van der Waals surface area contributed by atoms with Crippen LogP contribution in [0.15, 0.2) is 18.3 Å². The molecule has 0 fully saturated rings. The van der Waals surface area contributed by atoms with Crippen molar-refractivity contribution >= 4 is 11.3 Å². The average Bonchev–Trinajstić information content (AvgIpc) is 2.82. The number of nitrogens with zero attached hydrogens (tertiary/aromatic N) is 2. The van der Waals surface area contributed by atoms with E-state index < -0.39 is 0 Å². The van der Waals surface area contributed by atoms with Crippen molar-refractivity contribution in [3.63, 3.8) is 0 Å². The Hall–Kier alpha value is -1.33. The largest absolute Gasteiger partial charge is 0.330 e. The summed E-state index contributed by atoms with van der Waals surface area (Å²) in [6.07, 6.45) is 4.84. The molecule has 2 N–H and O–H groups in total. The summed E-state index contributed by atoms with van der Waals surface area (Å²) in [5.41, 5.74) is 7.19. The van der Waals surface area contributed by atoms with Crippen LogP contribution >= 0.6 is 11.3 Å². The highest BCUT2D eigenvalue weighted by Crippen LogP contribution is 2.37. The number of halogens is 1. The van der Waals surface area contributed by atoms with E-state index in [0.29, 0.717) is 23.2 Å². The van der Waals surface area contributed by atoms with Gasteiger partial charge < -0.3 is 5.73 Å². The molecule has 2 aromatic heterocycles. The minimum absolute atomic E-state index is 0.312. The fourth-order valence-corrected chi connectivity index (χ4v) is 3.57.